The lowest BCUT2D eigenvalue weighted by molar-refractivity contribution is 0.0991. The van der Waals surface area contributed by atoms with E-state index in [1.165, 1.54) is 31.4 Å². The number of nitrogens with two attached hydrogens (primary N) is 1. The summed E-state index contributed by atoms with van der Waals surface area (Å²) in [6.45, 7) is 5.57. The molecular weight excluding hydrogens is 227 g/mol. The summed E-state index contributed by atoms with van der Waals surface area (Å²) in [7, 11) is 0. The predicted octanol–water partition coefficient (Wildman–Crippen LogP) is 3.09. The van der Waals surface area contributed by atoms with Gasteiger partial charge in [0, 0.05) is 18.1 Å². The Labute approximate surface area is 109 Å². The van der Waals surface area contributed by atoms with Crippen molar-refractivity contribution >= 4 is 0 Å². The molecule has 0 amide bonds. The molecule has 1 heterocycles. The summed E-state index contributed by atoms with van der Waals surface area (Å²) in [6, 6.07) is 7.41. The van der Waals surface area contributed by atoms with Gasteiger partial charge in [-0.3, -0.25) is 4.90 Å². The van der Waals surface area contributed by atoms with Crippen LogP contribution in [0.4, 0.5) is 4.39 Å². The second kappa shape index (κ2) is 5.81. The molecule has 3 unspecified atom stereocenters. The monoisotopic (exact) mass is 250 g/mol. The van der Waals surface area contributed by atoms with Gasteiger partial charge in [-0.05, 0) is 50.9 Å². The number of piperidine rings is 1. The molecule has 0 spiro atoms. The van der Waals surface area contributed by atoms with Gasteiger partial charge in [0.25, 0.3) is 0 Å². The number of hydrogen-bond donors (Lipinski definition) is 1. The Kier molecular flexibility index (Phi) is 4.36. The Bertz CT molecular complexity index is 377. The van der Waals surface area contributed by atoms with E-state index in [-0.39, 0.29) is 11.9 Å². The molecule has 0 bridgehead atoms. The first-order valence-electron chi connectivity index (χ1n) is 6.86. The molecule has 2 N–H and O–H groups in total. The van der Waals surface area contributed by atoms with Gasteiger partial charge in [0.2, 0.25) is 0 Å². The summed E-state index contributed by atoms with van der Waals surface area (Å²) < 4.78 is 12.9. The van der Waals surface area contributed by atoms with Crippen molar-refractivity contribution in [2.75, 3.05) is 6.54 Å². The molecule has 1 saturated heterocycles. The molecule has 18 heavy (non-hydrogen) atoms. The van der Waals surface area contributed by atoms with Crippen LogP contribution in [0.15, 0.2) is 24.3 Å². The molecule has 2 nitrogen and oxygen atoms in total. The first kappa shape index (κ1) is 13.5. The van der Waals surface area contributed by atoms with Gasteiger partial charge in [0.15, 0.2) is 0 Å². The molecule has 3 heteroatoms. The quantitative estimate of drug-likeness (QED) is 0.893. The lowest BCUT2D eigenvalue weighted by atomic mass is 9.95. The number of nitrogens with zero attached hydrogens (tertiary/aromatic N) is 1. The van der Waals surface area contributed by atoms with Crippen LogP contribution in [0.1, 0.15) is 44.7 Å². The van der Waals surface area contributed by atoms with Crippen LogP contribution in [0.25, 0.3) is 0 Å². The van der Waals surface area contributed by atoms with Crippen molar-refractivity contribution < 1.29 is 4.39 Å². The number of rotatable bonds is 3. The largest absolute Gasteiger partial charge is 0.323 e. The predicted molar refractivity (Wildman–Crippen MR) is 72.8 cm³/mol. The summed E-state index contributed by atoms with van der Waals surface area (Å²) in [4.78, 5) is 2.48. The van der Waals surface area contributed by atoms with Crippen molar-refractivity contribution in [2.24, 2.45) is 5.73 Å². The summed E-state index contributed by atoms with van der Waals surface area (Å²) in [5.41, 5.74) is 7.33. The minimum atomic E-state index is -0.204. The molecule has 0 aliphatic carbocycles. The smallest absolute Gasteiger partial charge is 0.123 e. The first-order chi connectivity index (χ1) is 8.59. The fourth-order valence-electron chi connectivity index (χ4n) is 2.90. The van der Waals surface area contributed by atoms with E-state index in [1.54, 1.807) is 12.1 Å². The van der Waals surface area contributed by atoms with Crippen LogP contribution in [-0.2, 0) is 0 Å². The molecule has 1 aromatic carbocycles. The highest BCUT2D eigenvalue weighted by Crippen LogP contribution is 2.25. The molecule has 2 rings (SSSR count). The fraction of sp³-hybridized carbons (Fsp3) is 0.600. The molecule has 1 aliphatic rings. The summed E-state index contributed by atoms with van der Waals surface area (Å²) in [5.74, 6) is -0.204. The van der Waals surface area contributed by atoms with Crippen LogP contribution in [0, 0.1) is 5.82 Å². The maximum Gasteiger partial charge on any atom is 0.123 e. The standard InChI is InChI=1S/C15H23FN2/c1-11-5-3-4-10-18(11)12(2)15(17)13-6-8-14(16)9-7-13/h6-9,11-12,15H,3-5,10,17H2,1-2H3. The zero-order valence-electron chi connectivity index (χ0n) is 11.3. The van der Waals surface area contributed by atoms with Crippen LogP contribution in [0.5, 0.6) is 0 Å². The summed E-state index contributed by atoms with van der Waals surface area (Å²) in [5, 5.41) is 0. The van der Waals surface area contributed by atoms with Crippen molar-refractivity contribution in [1.82, 2.24) is 4.90 Å². The van der Waals surface area contributed by atoms with Crippen LogP contribution < -0.4 is 5.73 Å². The van der Waals surface area contributed by atoms with Crippen LogP contribution in [0.2, 0.25) is 0 Å². The number of halogens is 1. The SMILES string of the molecule is CC1CCCCN1C(C)C(N)c1ccc(F)cc1. The lowest BCUT2D eigenvalue weighted by Gasteiger charge is -2.40. The molecular formula is C15H23FN2. The molecule has 1 fully saturated rings. The molecule has 100 valence electrons. The van der Waals surface area contributed by atoms with E-state index in [0.717, 1.165) is 12.1 Å². The topological polar surface area (TPSA) is 29.3 Å². The van der Waals surface area contributed by atoms with Gasteiger partial charge in [0.1, 0.15) is 5.82 Å². The normalized spacial score (nSPS) is 24.8. The van der Waals surface area contributed by atoms with Gasteiger partial charge in [-0.2, -0.15) is 0 Å². The van der Waals surface area contributed by atoms with E-state index in [1.807, 2.05) is 0 Å². The summed E-state index contributed by atoms with van der Waals surface area (Å²) in [6.07, 6.45) is 3.82. The molecule has 1 aromatic rings. The van der Waals surface area contributed by atoms with E-state index in [2.05, 4.69) is 18.7 Å². The zero-order chi connectivity index (χ0) is 13.1. The van der Waals surface area contributed by atoms with Crippen LogP contribution >= 0.6 is 0 Å². The molecule has 1 aliphatic heterocycles. The third-order valence-corrected chi connectivity index (χ3v) is 4.15. The lowest BCUT2D eigenvalue weighted by Crippen LogP contribution is -2.48. The number of hydrogen-bond acceptors (Lipinski definition) is 2. The van der Waals surface area contributed by atoms with Gasteiger partial charge < -0.3 is 5.73 Å². The van der Waals surface area contributed by atoms with Crippen molar-refractivity contribution in [2.45, 2.75) is 51.2 Å². The van der Waals surface area contributed by atoms with E-state index < -0.39 is 0 Å². The van der Waals surface area contributed by atoms with Crippen molar-refractivity contribution in [3.05, 3.63) is 35.6 Å². The fourth-order valence-corrected chi connectivity index (χ4v) is 2.90. The number of likely N-dealkylation sites (tertiary alicyclic amines) is 1. The molecule has 0 radical (unpaired) electrons. The third kappa shape index (κ3) is 2.90. The highest BCUT2D eigenvalue weighted by atomic mass is 19.1. The van der Waals surface area contributed by atoms with Gasteiger partial charge in [-0.15, -0.1) is 0 Å². The van der Waals surface area contributed by atoms with Gasteiger partial charge in [-0.1, -0.05) is 18.6 Å². The molecule has 0 saturated carbocycles. The maximum atomic E-state index is 12.9. The highest BCUT2D eigenvalue weighted by molar-refractivity contribution is 5.21. The minimum absolute atomic E-state index is 0.0499. The average Bonchev–Trinajstić information content (AvgIpc) is 2.38. The molecule has 3 atom stereocenters. The maximum absolute atomic E-state index is 12.9. The zero-order valence-corrected chi connectivity index (χ0v) is 11.3. The van der Waals surface area contributed by atoms with E-state index in [4.69, 9.17) is 5.73 Å². The summed E-state index contributed by atoms with van der Waals surface area (Å²) >= 11 is 0. The van der Waals surface area contributed by atoms with Gasteiger partial charge in [0.05, 0.1) is 0 Å². The average molecular weight is 250 g/mol. The van der Waals surface area contributed by atoms with Crippen molar-refractivity contribution in [1.29, 1.82) is 0 Å². The van der Waals surface area contributed by atoms with Gasteiger partial charge in [-0.25, -0.2) is 4.39 Å². The Morgan fingerprint density at radius 3 is 2.56 bits per heavy atom. The van der Waals surface area contributed by atoms with Gasteiger partial charge >= 0.3 is 0 Å². The Morgan fingerprint density at radius 2 is 1.94 bits per heavy atom. The highest BCUT2D eigenvalue weighted by Gasteiger charge is 2.27. The molecule has 0 aromatic heterocycles. The Balaban J connectivity index is 2.07. The number of benzene rings is 1. The Morgan fingerprint density at radius 1 is 1.28 bits per heavy atom. The van der Waals surface area contributed by atoms with Crippen LogP contribution in [-0.4, -0.2) is 23.5 Å². The van der Waals surface area contributed by atoms with E-state index in [0.29, 0.717) is 12.1 Å². The Hall–Kier alpha value is -0.930. The second-order valence-electron chi connectivity index (χ2n) is 5.40. The van der Waals surface area contributed by atoms with Crippen molar-refractivity contribution in [3.63, 3.8) is 0 Å². The first-order valence-corrected chi connectivity index (χ1v) is 6.86. The van der Waals surface area contributed by atoms with E-state index in [9.17, 15) is 4.39 Å². The van der Waals surface area contributed by atoms with Crippen LogP contribution in [0.3, 0.4) is 0 Å². The third-order valence-electron chi connectivity index (χ3n) is 4.15. The minimum Gasteiger partial charge on any atom is -0.323 e. The second-order valence-corrected chi connectivity index (χ2v) is 5.40. The van der Waals surface area contributed by atoms with Crippen molar-refractivity contribution in [3.8, 4) is 0 Å². The van der Waals surface area contributed by atoms with E-state index >= 15 is 0 Å².